The number of likely N-dealkylation sites (tertiary alicyclic amines) is 1. The van der Waals surface area contributed by atoms with Crippen molar-refractivity contribution >= 4 is 11.9 Å². The van der Waals surface area contributed by atoms with Crippen LogP contribution < -0.4 is 4.74 Å². The van der Waals surface area contributed by atoms with Crippen LogP contribution in [0.15, 0.2) is 48.5 Å². The maximum Gasteiger partial charge on any atom is 0.304 e. The molecule has 0 spiro atoms. The smallest absolute Gasteiger partial charge is 0.304 e. The van der Waals surface area contributed by atoms with Gasteiger partial charge in [-0.1, -0.05) is 42.3 Å². The lowest BCUT2D eigenvalue weighted by Gasteiger charge is -2.17. The van der Waals surface area contributed by atoms with Gasteiger partial charge in [-0.3, -0.25) is 9.59 Å². The molecule has 0 aliphatic carbocycles. The van der Waals surface area contributed by atoms with E-state index in [0.29, 0.717) is 41.8 Å². The van der Waals surface area contributed by atoms with Gasteiger partial charge in [0.1, 0.15) is 5.75 Å². The van der Waals surface area contributed by atoms with Crippen molar-refractivity contribution in [2.75, 3.05) is 13.7 Å². The fourth-order valence-corrected chi connectivity index (χ4v) is 2.96. The fraction of sp³-hybridized carbons (Fsp3) is 0.304. The van der Waals surface area contributed by atoms with Crippen molar-refractivity contribution in [1.82, 2.24) is 4.90 Å². The molecule has 0 radical (unpaired) electrons. The SMILES string of the molecule is [2H]C([2H])(c1ccccc1C#CC(OC(C)=O)c1ccccc1OC)N1CCCC1=O. The van der Waals surface area contributed by atoms with Gasteiger partial charge in [0.25, 0.3) is 0 Å². The van der Waals surface area contributed by atoms with Crippen molar-refractivity contribution in [3.63, 3.8) is 0 Å². The second-order valence-corrected chi connectivity index (χ2v) is 6.31. The molecule has 0 aromatic heterocycles. The summed E-state index contributed by atoms with van der Waals surface area (Å²) >= 11 is 0. The first-order valence-electron chi connectivity index (χ1n) is 10.1. The molecule has 28 heavy (non-hydrogen) atoms. The normalized spacial score (nSPS) is 15.8. The number of rotatable bonds is 5. The summed E-state index contributed by atoms with van der Waals surface area (Å²) < 4.78 is 27.9. The lowest BCUT2D eigenvalue weighted by molar-refractivity contribution is -0.144. The Labute approximate surface area is 168 Å². The number of ether oxygens (including phenoxy) is 2. The van der Waals surface area contributed by atoms with Crippen LogP contribution >= 0.6 is 0 Å². The lowest BCUT2D eigenvalue weighted by atomic mass is 10.0. The standard InChI is InChI=1S/C23H23NO4/c1-17(25)28-22(20-10-5-6-11-21(20)27-2)14-13-18-8-3-4-9-19(18)16-24-15-7-12-23(24)26/h3-6,8-11,22H,7,12,15-16H2,1-2H3/i16D2. The maximum atomic E-state index is 12.1. The zero-order valence-corrected chi connectivity index (χ0v) is 15.9. The molecule has 1 unspecified atom stereocenters. The molecule has 5 nitrogen and oxygen atoms in total. The van der Waals surface area contributed by atoms with E-state index >= 15 is 0 Å². The lowest BCUT2D eigenvalue weighted by Crippen LogP contribution is -2.24. The van der Waals surface area contributed by atoms with E-state index in [1.807, 2.05) is 0 Å². The third-order valence-electron chi connectivity index (χ3n) is 4.30. The zero-order chi connectivity index (χ0) is 21.7. The molecular formula is C23H23NO4. The summed E-state index contributed by atoms with van der Waals surface area (Å²) in [6, 6.07) is 13.9. The second-order valence-electron chi connectivity index (χ2n) is 6.31. The summed E-state index contributed by atoms with van der Waals surface area (Å²) in [7, 11) is 1.52. The monoisotopic (exact) mass is 379 g/mol. The van der Waals surface area contributed by atoms with Crippen molar-refractivity contribution in [2.24, 2.45) is 0 Å². The van der Waals surface area contributed by atoms with Crippen LogP contribution in [-0.4, -0.2) is 30.4 Å². The van der Waals surface area contributed by atoms with E-state index in [1.165, 1.54) is 18.9 Å². The molecule has 2 aromatic carbocycles. The highest BCUT2D eigenvalue weighted by Crippen LogP contribution is 2.27. The van der Waals surface area contributed by atoms with E-state index in [0.717, 1.165) is 0 Å². The molecule has 1 aliphatic rings. The van der Waals surface area contributed by atoms with Gasteiger partial charge in [0.15, 0.2) is 6.10 Å². The van der Waals surface area contributed by atoms with Gasteiger partial charge in [0, 0.05) is 37.5 Å². The Hall–Kier alpha value is -3.26. The summed E-state index contributed by atoms with van der Waals surface area (Å²) in [5.74, 6) is 5.71. The number of nitrogens with zero attached hydrogens (tertiary/aromatic N) is 1. The third kappa shape index (κ3) is 4.72. The van der Waals surface area contributed by atoms with Gasteiger partial charge in [-0.05, 0) is 30.0 Å². The van der Waals surface area contributed by atoms with Crippen LogP contribution in [0.2, 0.25) is 0 Å². The van der Waals surface area contributed by atoms with Gasteiger partial charge < -0.3 is 14.4 Å². The molecule has 0 N–H and O–H groups in total. The molecular weight excluding hydrogens is 354 g/mol. The predicted molar refractivity (Wildman–Crippen MR) is 105 cm³/mol. The van der Waals surface area contributed by atoms with Crippen LogP contribution in [0, 0.1) is 11.8 Å². The highest BCUT2D eigenvalue weighted by atomic mass is 16.5. The molecule has 0 saturated carbocycles. The van der Waals surface area contributed by atoms with E-state index in [-0.39, 0.29) is 5.91 Å². The summed E-state index contributed by atoms with van der Waals surface area (Å²) in [4.78, 5) is 25.0. The number of carbonyl (C=O) groups is 2. The molecule has 1 atom stereocenters. The fourth-order valence-electron chi connectivity index (χ4n) is 2.96. The van der Waals surface area contributed by atoms with Gasteiger partial charge >= 0.3 is 5.97 Å². The first kappa shape index (κ1) is 16.9. The van der Waals surface area contributed by atoms with E-state index < -0.39 is 18.6 Å². The zero-order valence-electron chi connectivity index (χ0n) is 17.9. The van der Waals surface area contributed by atoms with Gasteiger partial charge in [-0.15, -0.1) is 0 Å². The predicted octanol–water partition coefficient (Wildman–Crippen LogP) is 3.47. The maximum absolute atomic E-state index is 12.1. The van der Waals surface area contributed by atoms with Crippen LogP contribution in [0.4, 0.5) is 0 Å². The van der Waals surface area contributed by atoms with Crippen LogP contribution in [0.3, 0.4) is 0 Å². The molecule has 1 amide bonds. The quantitative estimate of drug-likeness (QED) is 0.590. The summed E-state index contributed by atoms with van der Waals surface area (Å²) in [6.07, 6.45) is 0.0930. The largest absolute Gasteiger partial charge is 0.496 e. The number of para-hydroxylation sites is 1. The van der Waals surface area contributed by atoms with E-state index in [1.54, 1.807) is 48.5 Å². The van der Waals surface area contributed by atoms with E-state index in [9.17, 15) is 9.59 Å². The highest BCUT2D eigenvalue weighted by Gasteiger charge is 2.21. The summed E-state index contributed by atoms with van der Waals surface area (Å²) in [5.41, 5.74) is 1.32. The van der Waals surface area contributed by atoms with Crippen molar-refractivity contribution in [3.8, 4) is 17.6 Å². The Morgan fingerprint density at radius 3 is 2.71 bits per heavy atom. The molecule has 5 heteroatoms. The van der Waals surface area contributed by atoms with Gasteiger partial charge in [0.2, 0.25) is 5.91 Å². The van der Waals surface area contributed by atoms with Gasteiger partial charge in [-0.2, -0.15) is 0 Å². The molecule has 2 aromatic rings. The first-order chi connectivity index (χ1) is 14.3. The Kier molecular flexibility index (Phi) is 5.48. The average Bonchev–Trinajstić information content (AvgIpc) is 3.18. The number of benzene rings is 2. The number of hydrogen-bond donors (Lipinski definition) is 0. The van der Waals surface area contributed by atoms with Crippen molar-refractivity contribution in [1.29, 1.82) is 0 Å². The minimum absolute atomic E-state index is 0.213. The molecule has 144 valence electrons. The third-order valence-corrected chi connectivity index (χ3v) is 4.30. The van der Waals surface area contributed by atoms with Crippen LogP contribution in [0.25, 0.3) is 0 Å². The molecule has 0 bridgehead atoms. The number of hydrogen-bond acceptors (Lipinski definition) is 4. The Balaban J connectivity index is 2.01. The average molecular weight is 379 g/mol. The van der Waals surface area contributed by atoms with Crippen molar-refractivity contribution in [2.45, 2.75) is 32.4 Å². The van der Waals surface area contributed by atoms with E-state index in [2.05, 4.69) is 11.8 Å². The Morgan fingerprint density at radius 2 is 2.00 bits per heavy atom. The number of methoxy groups -OCH3 is 1. The van der Waals surface area contributed by atoms with Crippen molar-refractivity contribution < 1.29 is 21.8 Å². The number of amides is 1. The summed E-state index contributed by atoms with van der Waals surface area (Å²) in [5, 5.41) is 0. The van der Waals surface area contributed by atoms with Crippen LogP contribution in [0.1, 0.15) is 45.3 Å². The molecule has 3 rings (SSSR count). The topological polar surface area (TPSA) is 55.8 Å². The second kappa shape index (κ2) is 9.09. The first-order valence-corrected chi connectivity index (χ1v) is 9.06. The minimum atomic E-state index is -1.99. The highest BCUT2D eigenvalue weighted by molar-refractivity contribution is 5.78. The van der Waals surface area contributed by atoms with Crippen LogP contribution in [-0.2, 0) is 20.8 Å². The molecule has 1 heterocycles. The number of esters is 1. The van der Waals surface area contributed by atoms with Crippen molar-refractivity contribution in [3.05, 3.63) is 65.2 Å². The molecule has 1 saturated heterocycles. The molecule has 1 aliphatic heterocycles. The Morgan fingerprint density at radius 1 is 1.25 bits per heavy atom. The number of carbonyl (C=O) groups excluding carboxylic acids is 2. The van der Waals surface area contributed by atoms with Gasteiger partial charge in [0.05, 0.1) is 9.85 Å². The van der Waals surface area contributed by atoms with Crippen LogP contribution in [0.5, 0.6) is 5.75 Å². The summed E-state index contributed by atoms with van der Waals surface area (Å²) in [6.45, 7) is -0.319. The van der Waals surface area contributed by atoms with E-state index in [4.69, 9.17) is 12.2 Å². The molecule has 1 fully saturated rings. The Bertz CT molecular complexity index is 1010. The van der Waals surface area contributed by atoms with Gasteiger partial charge in [-0.25, -0.2) is 0 Å². The minimum Gasteiger partial charge on any atom is -0.496 e.